The predicted octanol–water partition coefficient (Wildman–Crippen LogP) is 0.910. The number of hydrogen-bond donors (Lipinski definition) is 3. The van der Waals surface area contributed by atoms with Crippen LogP contribution in [0.15, 0.2) is 43.0 Å². The minimum absolute atomic E-state index is 0.140. The molecule has 0 bridgehead atoms. The Kier molecular flexibility index (Phi) is 5.74. The third-order valence-electron chi connectivity index (χ3n) is 1.93. The average Bonchev–Trinajstić information content (AvgIpc) is 2.35. The monoisotopic (exact) mass is 249 g/mol. The number of carbonyl (C=O) groups excluding carboxylic acids is 1. The molecule has 4 nitrogen and oxygen atoms in total. The van der Waals surface area contributed by atoms with E-state index < -0.39 is 0 Å². The number of benzene rings is 1. The van der Waals surface area contributed by atoms with Crippen molar-refractivity contribution in [2.45, 2.75) is 6.42 Å². The summed E-state index contributed by atoms with van der Waals surface area (Å²) in [5, 5.41) is 3.21. The zero-order chi connectivity index (χ0) is 12.5. The molecule has 0 aliphatic heterocycles. The number of hydrazine groups is 1. The quantitative estimate of drug-likeness (QED) is 0.422. The molecule has 0 atom stereocenters. The summed E-state index contributed by atoms with van der Waals surface area (Å²) in [5.74, 6) is -0.140. The molecule has 0 saturated heterocycles. The van der Waals surface area contributed by atoms with E-state index in [0.717, 1.165) is 5.56 Å². The molecule has 0 fully saturated rings. The second kappa shape index (κ2) is 7.40. The first-order chi connectivity index (χ1) is 8.22. The molecule has 1 rings (SSSR count). The SMILES string of the molecule is C=CCNC(=S)NNC(=O)Cc1ccccc1. The molecule has 1 amide bonds. The van der Waals surface area contributed by atoms with Gasteiger partial charge in [0.1, 0.15) is 0 Å². The highest BCUT2D eigenvalue weighted by molar-refractivity contribution is 7.80. The third kappa shape index (κ3) is 5.67. The molecule has 0 unspecified atom stereocenters. The van der Waals surface area contributed by atoms with E-state index in [1.807, 2.05) is 30.3 Å². The second-order valence-electron chi connectivity index (χ2n) is 3.33. The molecular formula is C12H15N3OS. The summed E-state index contributed by atoms with van der Waals surface area (Å²) in [6.45, 7) is 4.10. The fourth-order valence-corrected chi connectivity index (χ4v) is 1.30. The number of hydrogen-bond acceptors (Lipinski definition) is 2. The molecule has 0 aliphatic carbocycles. The van der Waals surface area contributed by atoms with Crippen LogP contribution in [0.2, 0.25) is 0 Å². The fraction of sp³-hybridized carbons (Fsp3) is 0.167. The van der Waals surface area contributed by atoms with E-state index in [2.05, 4.69) is 22.7 Å². The van der Waals surface area contributed by atoms with Gasteiger partial charge in [-0.3, -0.25) is 15.6 Å². The van der Waals surface area contributed by atoms with Gasteiger partial charge in [-0.1, -0.05) is 36.4 Å². The van der Waals surface area contributed by atoms with E-state index in [9.17, 15) is 4.79 Å². The fourth-order valence-electron chi connectivity index (χ4n) is 1.16. The smallest absolute Gasteiger partial charge is 0.242 e. The normalized spacial score (nSPS) is 9.18. The highest BCUT2D eigenvalue weighted by Crippen LogP contribution is 1.98. The van der Waals surface area contributed by atoms with Crippen LogP contribution in [0.1, 0.15) is 5.56 Å². The maximum atomic E-state index is 11.5. The maximum Gasteiger partial charge on any atom is 0.242 e. The first kappa shape index (κ1) is 13.2. The first-order valence-corrected chi connectivity index (χ1v) is 5.60. The van der Waals surface area contributed by atoms with Gasteiger partial charge < -0.3 is 5.32 Å². The number of thiocarbonyl (C=S) groups is 1. The lowest BCUT2D eigenvalue weighted by Crippen LogP contribution is -2.47. The Balaban J connectivity index is 2.26. The molecule has 3 N–H and O–H groups in total. The highest BCUT2D eigenvalue weighted by atomic mass is 32.1. The van der Waals surface area contributed by atoms with Crippen molar-refractivity contribution < 1.29 is 4.79 Å². The number of amides is 1. The van der Waals surface area contributed by atoms with Crippen molar-refractivity contribution in [3.8, 4) is 0 Å². The summed E-state index contributed by atoms with van der Waals surface area (Å²) in [6.07, 6.45) is 2.00. The lowest BCUT2D eigenvalue weighted by Gasteiger charge is -2.10. The van der Waals surface area contributed by atoms with Crippen molar-refractivity contribution in [1.29, 1.82) is 0 Å². The Bertz CT molecular complexity index is 392. The lowest BCUT2D eigenvalue weighted by atomic mass is 10.1. The molecule has 0 saturated carbocycles. The van der Waals surface area contributed by atoms with E-state index >= 15 is 0 Å². The molecule has 1 aromatic carbocycles. The molecular weight excluding hydrogens is 234 g/mol. The van der Waals surface area contributed by atoms with Gasteiger partial charge in [0.15, 0.2) is 5.11 Å². The van der Waals surface area contributed by atoms with Gasteiger partial charge >= 0.3 is 0 Å². The van der Waals surface area contributed by atoms with Crippen molar-refractivity contribution in [3.05, 3.63) is 48.6 Å². The van der Waals surface area contributed by atoms with Crippen molar-refractivity contribution >= 4 is 23.2 Å². The van der Waals surface area contributed by atoms with Crippen molar-refractivity contribution in [3.63, 3.8) is 0 Å². The van der Waals surface area contributed by atoms with Crippen molar-refractivity contribution in [2.75, 3.05) is 6.54 Å². The Morgan fingerprint density at radius 1 is 1.29 bits per heavy atom. The van der Waals surface area contributed by atoms with Gasteiger partial charge in [0.2, 0.25) is 5.91 Å². The van der Waals surface area contributed by atoms with Gasteiger partial charge in [0.05, 0.1) is 6.42 Å². The Morgan fingerprint density at radius 2 is 2.00 bits per heavy atom. The van der Waals surface area contributed by atoms with Crippen LogP contribution in [0.4, 0.5) is 0 Å². The number of carbonyl (C=O) groups is 1. The van der Waals surface area contributed by atoms with Crippen LogP contribution < -0.4 is 16.2 Å². The van der Waals surface area contributed by atoms with Crippen LogP contribution in [0.25, 0.3) is 0 Å². The predicted molar refractivity (Wildman–Crippen MR) is 72.2 cm³/mol. The number of nitrogens with one attached hydrogen (secondary N) is 3. The summed E-state index contributed by atoms with van der Waals surface area (Å²) in [4.78, 5) is 11.5. The highest BCUT2D eigenvalue weighted by Gasteiger charge is 2.02. The van der Waals surface area contributed by atoms with Crippen molar-refractivity contribution in [1.82, 2.24) is 16.2 Å². The summed E-state index contributed by atoms with van der Waals surface area (Å²) in [7, 11) is 0. The molecule has 0 spiro atoms. The Hall–Kier alpha value is -1.88. The molecule has 1 aromatic rings. The Morgan fingerprint density at radius 3 is 2.65 bits per heavy atom. The molecule has 0 aromatic heterocycles. The molecule has 5 heteroatoms. The zero-order valence-corrected chi connectivity index (χ0v) is 10.2. The molecule has 17 heavy (non-hydrogen) atoms. The van der Waals surface area contributed by atoms with E-state index in [1.165, 1.54) is 0 Å². The van der Waals surface area contributed by atoms with E-state index in [1.54, 1.807) is 6.08 Å². The topological polar surface area (TPSA) is 53.2 Å². The molecule has 0 heterocycles. The summed E-state index contributed by atoms with van der Waals surface area (Å²) >= 11 is 4.92. The Labute approximate surface area is 106 Å². The van der Waals surface area contributed by atoms with Gasteiger partial charge in [-0.2, -0.15) is 0 Å². The minimum atomic E-state index is -0.140. The van der Waals surface area contributed by atoms with Crippen LogP contribution in [0, 0.1) is 0 Å². The van der Waals surface area contributed by atoms with E-state index in [0.29, 0.717) is 18.1 Å². The van der Waals surface area contributed by atoms with Gasteiger partial charge in [-0.05, 0) is 17.8 Å². The summed E-state index contributed by atoms with van der Waals surface area (Å²) < 4.78 is 0. The summed E-state index contributed by atoms with van der Waals surface area (Å²) in [6, 6.07) is 9.49. The van der Waals surface area contributed by atoms with E-state index in [-0.39, 0.29) is 5.91 Å². The largest absolute Gasteiger partial charge is 0.358 e. The standard InChI is InChI=1S/C12H15N3OS/c1-2-8-13-12(17)15-14-11(16)9-10-6-4-3-5-7-10/h2-7H,1,8-9H2,(H,14,16)(H2,13,15,17). The lowest BCUT2D eigenvalue weighted by molar-refractivity contribution is -0.121. The first-order valence-electron chi connectivity index (χ1n) is 5.20. The molecule has 0 radical (unpaired) electrons. The number of rotatable bonds is 4. The van der Waals surface area contributed by atoms with Gasteiger partial charge in [-0.15, -0.1) is 6.58 Å². The molecule has 0 aliphatic rings. The van der Waals surface area contributed by atoms with Gasteiger partial charge in [0, 0.05) is 6.54 Å². The van der Waals surface area contributed by atoms with Gasteiger partial charge in [0.25, 0.3) is 0 Å². The zero-order valence-electron chi connectivity index (χ0n) is 9.40. The van der Waals surface area contributed by atoms with Crippen LogP contribution in [-0.2, 0) is 11.2 Å². The van der Waals surface area contributed by atoms with Crippen LogP contribution in [-0.4, -0.2) is 17.6 Å². The molecule has 90 valence electrons. The minimum Gasteiger partial charge on any atom is -0.358 e. The van der Waals surface area contributed by atoms with Crippen LogP contribution in [0.3, 0.4) is 0 Å². The van der Waals surface area contributed by atoms with Gasteiger partial charge in [-0.25, -0.2) is 0 Å². The second-order valence-corrected chi connectivity index (χ2v) is 3.74. The van der Waals surface area contributed by atoms with E-state index in [4.69, 9.17) is 12.2 Å². The summed E-state index contributed by atoms with van der Waals surface area (Å²) in [5.41, 5.74) is 6.08. The van der Waals surface area contributed by atoms with Crippen LogP contribution >= 0.6 is 12.2 Å². The average molecular weight is 249 g/mol. The maximum absolute atomic E-state index is 11.5. The third-order valence-corrected chi connectivity index (χ3v) is 2.18. The van der Waals surface area contributed by atoms with Crippen molar-refractivity contribution in [2.24, 2.45) is 0 Å². The van der Waals surface area contributed by atoms with Crippen LogP contribution in [0.5, 0.6) is 0 Å².